The minimum atomic E-state index is -1.95. The molecule has 30 heavy (non-hydrogen) atoms. The van der Waals surface area contributed by atoms with E-state index in [-0.39, 0.29) is 17.5 Å². The first-order valence-corrected chi connectivity index (χ1v) is 9.88. The van der Waals surface area contributed by atoms with Gasteiger partial charge in [-0.05, 0) is 42.5 Å². The zero-order valence-electron chi connectivity index (χ0n) is 16.2. The van der Waals surface area contributed by atoms with Crippen LogP contribution in [0.5, 0.6) is 0 Å². The SMILES string of the molecule is NC(CC(=O)C(=O)c1ccc(F)nc1)(C(=O)O)C1c2ccccc2N[C@@H]2CCC[C@H]12. The number of benzene rings is 1. The Kier molecular flexibility index (Phi) is 5.11. The number of aliphatic carboxylic acids is 1. The molecule has 1 saturated carbocycles. The highest BCUT2D eigenvalue weighted by Crippen LogP contribution is 2.50. The summed E-state index contributed by atoms with van der Waals surface area (Å²) in [5.41, 5.74) is 5.95. The first kappa shape index (κ1) is 20.2. The first-order valence-electron chi connectivity index (χ1n) is 9.88. The topological polar surface area (TPSA) is 122 Å². The number of halogens is 1. The summed E-state index contributed by atoms with van der Waals surface area (Å²) in [6.07, 6.45) is 2.91. The minimum absolute atomic E-state index is 0.0589. The second-order valence-electron chi connectivity index (χ2n) is 8.05. The summed E-state index contributed by atoms with van der Waals surface area (Å²) in [6.45, 7) is 0. The molecule has 1 aromatic carbocycles. The van der Waals surface area contributed by atoms with Crippen molar-refractivity contribution in [1.82, 2.24) is 4.98 Å². The third-order valence-electron chi connectivity index (χ3n) is 6.28. The molecule has 0 saturated heterocycles. The van der Waals surface area contributed by atoms with E-state index in [9.17, 15) is 23.9 Å². The van der Waals surface area contributed by atoms with Gasteiger partial charge in [-0.3, -0.25) is 14.4 Å². The van der Waals surface area contributed by atoms with E-state index in [0.717, 1.165) is 48.8 Å². The molecule has 4 N–H and O–H groups in total. The number of pyridine rings is 1. The fraction of sp³-hybridized carbons (Fsp3) is 0.364. The molecule has 156 valence electrons. The van der Waals surface area contributed by atoms with Crippen molar-refractivity contribution in [3.05, 3.63) is 59.7 Å². The molecule has 2 heterocycles. The number of carbonyl (C=O) groups is 3. The highest BCUT2D eigenvalue weighted by atomic mass is 19.1. The maximum atomic E-state index is 13.0. The number of carboxylic acids is 1. The molecule has 2 aromatic rings. The van der Waals surface area contributed by atoms with Crippen molar-refractivity contribution >= 4 is 23.2 Å². The van der Waals surface area contributed by atoms with Crippen molar-refractivity contribution in [2.75, 3.05) is 5.32 Å². The number of ketones is 2. The molecule has 4 rings (SSSR count). The molecule has 0 bridgehead atoms. The zero-order chi connectivity index (χ0) is 21.5. The number of hydrogen-bond donors (Lipinski definition) is 3. The largest absolute Gasteiger partial charge is 0.480 e. The second kappa shape index (κ2) is 7.60. The van der Waals surface area contributed by atoms with Crippen LogP contribution < -0.4 is 11.1 Å². The van der Waals surface area contributed by atoms with Gasteiger partial charge in [-0.2, -0.15) is 4.39 Å². The first-order chi connectivity index (χ1) is 14.3. The third kappa shape index (κ3) is 3.37. The zero-order valence-corrected chi connectivity index (χ0v) is 16.2. The molecular weight excluding hydrogens is 389 g/mol. The van der Waals surface area contributed by atoms with Crippen LogP contribution in [0.2, 0.25) is 0 Å². The van der Waals surface area contributed by atoms with Crippen molar-refractivity contribution in [1.29, 1.82) is 0 Å². The number of carboxylic acid groups (broad SMARTS) is 1. The van der Waals surface area contributed by atoms with E-state index in [1.54, 1.807) is 0 Å². The lowest BCUT2D eigenvalue weighted by Gasteiger charge is -2.44. The molecule has 4 atom stereocenters. The number of rotatable bonds is 6. The Hall–Kier alpha value is -3.13. The molecule has 1 aliphatic heterocycles. The summed E-state index contributed by atoms with van der Waals surface area (Å²) in [4.78, 5) is 41.1. The van der Waals surface area contributed by atoms with Crippen LogP contribution in [0, 0.1) is 11.9 Å². The van der Waals surface area contributed by atoms with E-state index in [0.29, 0.717) is 0 Å². The number of hydrogen-bond acceptors (Lipinski definition) is 6. The normalized spacial score (nSPS) is 24.1. The predicted octanol–water partition coefficient (Wildman–Crippen LogP) is 2.52. The lowest BCUT2D eigenvalue weighted by atomic mass is 9.66. The Balaban J connectivity index is 1.70. The molecule has 0 spiro atoms. The summed E-state index contributed by atoms with van der Waals surface area (Å²) >= 11 is 0. The predicted molar refractivity (Wildman–Crippen MR) is 107 cm³/mol. The Morgan fingerprint density at radius 3 is 2.67 bits per heavy atom. The fourth-order valence-corrected chi connectivity index (χ4v) is 4.89. The summed E-state index contributed by atoms with van der Waals surface area (Å²) in [6, 6.07) is 9.54. The molecule has 2 aliphatic rings. The molecule has 0 radical (unpaired) electrons. The quantitative estimate of drug-likeness (QED) is 0.379. The van der Waals surface area contributed by atoms with Crippen LogP contribution in [0.1, 0.15) is 47.5 Å². The van der Waals surface area contributed by atoms with Crippen molar-refractivity contribution in [2.24, 2.45) is 11.7 Å². The number of para-hydroxylation sites is 1. The van der Waals surface area contributed by atoms with Gasteiger partial charge in [0.25, 0.3) is 0 Å². The standard InChI is InChI=1S/C22H22FN3O4/c23-18-9-8-12(11-25-18)20(28)17(27)10-22(24,21(29)30)19-13-4-1-2-6-15(13)26-16-7-3-5-14(16)19/h1-2,4,6,8-9,11,14,16,19,26H,3,5,7,10,24H2,(H,29,30)/t14-,16+,19?,22?/m0/s1. The van der Waals surface area contributed by atoms with Crippen molar-refractivity contribution in [3.63, 3.8) is 0 Å². The van der Waals surface area contributed by atoms with Crippen molar-refractivity contribution < 1.29 is 23.9 Å². The average molecular weight is 411 g/mol. The lowest BCUT2D eigenvalue weighted by molar-refractivity contribution is -0.146. The molecular formula is C22H22FN3O4. The Bertz CT molecular complexity index is 1010. The van der Waals surface area contributed by atoms with Crippen LogP contribution in [0.25, 0.3) is 0 Å². The summed E-state index contributed by atoms with van der Waals surface area (Å²) in [5, 5.41) is 13.6. The van der Waals surface area contributed by atoms with Crippen LogP contribution in [0.3, 0.4) is 0 Å². The number of Topliss-reactive ketones (excluding diaryl/α,β-unsaturated/α-hetero) is 2. The van der Waals surface area contributed by atoms with Crippen LogP contribution in [0.15, 0.2) is 42.6 Å². The van der Waals surface area contributed by atoms with Crippen molar-refractivity contribution in [3.8, 4) is 0 Å². The van der Waals surface area contributed by atoms with Gasteiger partial charge in [-0.1, -0.05) is 24.6 Å². The maximum absolute atomic E-state index is 13.0. The van der Waals surface area contributed by atoms with E-state index in [2.05, 4.69) is 10.3 Å². The Morgan fingerprint density at radius 1 is 1.20 bits per heavy atom. The number of aromatic nitrogens is 1. The number of fused-ring (bicyclic) bond motifs is 2. The number of nitrogens with two attached hydrogens (primary N) is 1. The number of nitrogens with one attached hydrogen (secondary N) is 1. The molecule has 1 aliphatic carbocycles. The molecule has 2 unspecified atom stereocenters. The van der Waals surface area contributed by atoms with Gasteiger partial charge < -0.3 is 16.2 Å². The van der Waals surface area contributed by atoms with E-state index in [1.165, 1.54) is 0 Å². The van der Waals surface area contributed by atoms with Crippen molar-refractivity contribution in [2.45, 2.75) is 43.2 Å². The summed E-state index contributed by atoms with van der Waals surface area (Å²) in [5.74, 6) is -4.65. The minimum Gasteiger partial charge on any atom is -0.480 e. The van der Waals surface area contributed by atoms with Gasteiger partial charge in [-0.25, -0.2) is 4.98 Å². The molecule has 7 nitrogen and oxygen atoms in total. The van der Waals surface area contributed by atoms with Gasteiger partial charge in [0.05, 0.1) is 0 Å². The van der Waals surface area contributed by atoms with Gasteiger partial charge in [-0.15, -0.1) is 0 Å². The molecule has 1 aromatic heterocycles. The Labute approximate surface area is 172 Å². The second-order valence-corrected chi connectivity index (χ2v) is 8.05. The highest BCUT2D eigenvalue weighted by Gasteiger charge is 2.53. The molecule has 1 fully saturated rings. The van der Waals surface area contributed by atoms with E-state index in [4.69, 9.17) is 5.73 Å². The lowest BCUT2D eigenvalue weighted by Crippen LogP contribution is -2.59. The average Bonchev–Trinajstić information content (AvgIpc) is 3.19. The van der Waals surface area contributed by atoms with E-state index >= 15 is 0 Å². The monoisotopic (exact) mass is 411 g/mol. The fourth-order valence-electron chi connectivity index (χ4n) is 4.89. The summed E-state index contributed by atoms with van der Waals surface area (Å²) < 4.78 is 13.0. The van der Waals surface area contributed by atoms with Crippen LogP contribution in [0.4, 0.5) is 10.1 Å². The highest BCUT2D eigenvalue weighted by molar-refractivity contribution is 6.44. The van der Waals surface area contributed by atoms with E-state index in [1.807, 2.05) is 24.3 Å². The van der Waals surface area contributed by atoms with Crippen LogP contribution in [-0.4, -0.2) is 39.2 Å². The third-order valence-corrected chi connectivity index (χ3v) is 6.28. The van der Waals surface area contributed by atoms with Crippen LogP contribution in [-0.2, 0) is 9.59 Å². The number of anilines is 1. The summed E-state index contributed by atoms with van der Waals surface area (Å²) in [7, 11) is 0. The van der Waals surface area contributed by atoms with Gasteiger partial charge >= 0.3 is 5.97 Å². The van der Waals surface area contributed by atoms with Gasteiger partial charge in [0.1, 0.15) is 5.54 Å². The van der Waals surface area contributed by atoms with Gasteiger partial charge in [0, 0.05) is 35.8 Å². The maximum Gasteiger partial charge on any atom is 0.324 e. The van der Waals surface area contributed by atoms with Gasteiger partial charge in [0.2, 0.25) is 17.5 Å². The smallest absolute Gasteiger partial charge is 0.324 e. The van der Waals surface area contributed by atoms with Gasteiger partial charge in [0.15, 0.2) is 0 Å². The van der Waals surface area contributed by atoms with Crippen LogP contribution >= 0.6 is 0 Å². The number of nitrogens with zero attached hydrogens (tertiary/aromatic N) is 1. The number of carbonyl (C=O) groups excluding carboxylic acids is 2. The molecule has 8 heteroatoms. The van der Waals surface area contributed by atoms with E-state index < -0.39 is 41.4 Å². The Morgan fingerprint density at radius 2 is 1.97 bits per heavy atom. The molecule has 0 amide bonds.